The summed E-state index contributed by atoms with van der Waals surface area (Å²) in [5.41, 5.74) is 3.50. The first kappa shape index (κ1) is 12.4. The summed E-state index contributed by atoms with van der Waals surface area (Å²) < 4.78 is 1.09. The van der Waals surface area contributed by atoms with E-state index >= 15 is 0 Å². The van der Waals surface area contributed by atoms with Gasteiger partial charge in [-0.25, -0.2) is 4.98 Å². The number of anilines is 1. The van der Waals surface area contributed by atoms with Crippen LogP contribution in [0.2, 0.25) is 0 Å². The molecule has 1 aromatic heterocycles. The van der Waals surface area contributed by atoms with Gasteiger partial charge in [-0.05, 0) is 46.0 Å². The van der Waals surface area contributed by atoms with Crippen LogP contribution in [0, 0.1) is 6.92 Å². The van der Waals surface area contributed by atoms with Gasteiger partial charge in [0.05, 0.1) is 5.52 Å². The monoisotopic (exact) mass is 292 g/mol. The second-order valence-electron chi connectivity index (χ2n) is 4.60. The van der Waals surface area contributed by atoms with Gasteiger partial charge in [-0.15, -0.1) is 0 Å². The molecule has 0 aliphatic rings. The van der Waals surface area contributed by atoms with E-state index in [4.69, 9.17) is 4.98 Å². The van der Waals surface area contributed by atoms with E-state index in [1.165, 1.54) is 16.5 Å². The number of aromatic nitrogens is 1. The third-order valence-corrected chi connectivity index (χ3v) is 4.01. The van der Waals surface area contributed by atoms with Crippen molar-refractivity contribution in [1.29, 1.82) is 0 Å². The minimum absolute atomic E-state index is 0.467. The Balaban J connectivity index is 2.78. The number of rotatable bonds is 2. The SMILES string of the molecule is CNc1nc2c(Br)c(C)ccc2cc1C(C)C. The van der Waals surface area contributed by atoms with Gasteiger partial charge in [0, 0.05) is 16.9 Å². The van der Waals surface area contributed by atoms with Crippen molar-refractivity contribution in [2.24, 2.45) is 0 Å². The van der Waals surface area contributed by atoms with Gasteiger partial charge in [0.25, 0.3) is 0 Å². The molecule has 90 valence electrons. The van der Waals surface area contributed by atoms with Crippen molar-refractivity contribution >= 4 is 32.7 Å². The number of nitrogens with one attached hydrogen (secondary N) is 1. The van der Waals surface area contributed by atoms with Crippen LogP contribution in [0.15, 0.2) is 22.7 Å². The Morgan fingerprint density at radius 1 is 1.29 bits per heavy atom. The van der Waals surface area contributed by atoms with E-state index in [0.29, 0.717) is 5.92 Å². The summed E-state index contributed by atoms with van der Waals surface area (Å²) in [4.78, 5) is 4.72. The molecule has 0 atom stereocenters. The first-order chi connectivity index (χ1) is 8.04. The fraction of sp³-hybridized carbons (Fsp3) is 0.357. The van der Waals surface area contributed by atoms with Crippen molar-refractivity contribution in [3.05, 3.63) is 33.8 Å². The van der Waals surface area contributed by atoms with E-state index in [0.717, 1.165) is 15.8 Å². The summed E-state index contributed by atoms with van der Waals surface area (Å²) >= 11 is 3.62. The number of fused-ring (bicyclic) bond motifs is 1. The molecule has 0 amide bonds. The zero-order valence-electron chi connectivity index (χ0n) is 10.6. The Bertz CT molecular complexity index is 562. The van der Waals surface area contributed by atoms with E-state index in [-0.39, 0.29) is 0 Å². The van der Waals surface area contributed by atoms with Gasteiger partial charge in [0.2, 0.25) is 0 Å². The maximum atomic E-state index is 4.72. The summed E-state index contributed by atoms with van der Waals surface area (Å²) in [7, 11) is 1.92. The Kier molecular flexibility index (Phi) is 3.38. The molecule has 0 saturated heterocycles. The second-order valence-corrected chi connectivity index (χ2v) is 5.39. The number of hydrogen-bond donors (Lipinski definition) is 1. The highest BCUT2D eigenvalue weighted by atomic mass is 79.9. The maximum absolute atomic E-state index is 4.72. The molecule has 2 aromatic rings. The largest absolute Gasteiger partial charge is 0.373 e. The molecule has 2 rings (SSSR count). The van der Waals surface area contributed by atoms with Crippen molar-refractivity contribution in [1.82, 2.24) is 4.98 Å². The first-order valence-corrected chi connectivity index (χ1v) is 6.61. The van der Waals surface area contributed by atoms with Gasteiger partial charge in [-0.1, -0.05) is 26.0 Å². The zero-order valence-corrected chi connectivity index (χ0v) is 12.2. The molecule has 0 aliphatic carbocycles. The lowest BCUT2D eigenvalue weighted by Crippen LogP contribution is -2.01. The topological polar surface area (TPSA) is 24.9 Å². The van der Waals surface area contributed by atoms with E-state index in [1.807, 2.05) is 7.05 Å². The zero-order chi connectivity index (χ0) is 12.6. The molecule has 0 radical (unpaired) electrons. The third-order valence-electron chi connectivity index (χ3n) is 3.01. The average Bonchev–Trinajstić information content (AvgIpc) is 2.32. The summed E-state index contributed by atoms with van der Waals surface area (Å²) in [6.45, 7) is 6.46. The predicted octanol–water partition coefficient (Wildman–Crippen LogP) is 4.47. The van der Waals surface area contributed by atoms with Crippen LogP contribution in [0.1, 0.15) is 30.9 Å². The molecule has 0 saturated carbocycles. The van der Waals surface area contributed by atoms with Crippen LogP contribution in [0.4, 0.5) is 5.82 Å². The molecule has 0 bridgehead atoms. The number of pyridine rings is 1. The molecule has 1 heterocycles. The van der Waals surface area contributed by atoms with E-state index in [1.54, 1.807) is 0 Å². The van der Waals surface area contributed by atoms with Gasteiger partial charge < -0.3 is 5.32 Å². The van der Waals surface area contributed by atoms with E-state index < -0.39 is 0 Å². The predicted molar refractivity (Wildman–Crippen MR) is 77.8 cm³/mol. The van der Waals surface area contributed by atoms with Crippen LogP contribution >= 0.6 is 15.9 Å². The van der Waals surface area contributed by atoms with Gasteiger partial charge in [-0.3, -0.25) is 0 Å². The summed E-state index contributed by atoms with van der Waals surface area (Å²) in [5.74, 6) is 1.44. The second kappa shape index (κ2) is 4.65. The Hall–Kier alpha value is -1.09. The Morgan fingerprint density at radius 3 is 2.59 bits per heavy atom. The fourth-order valence-corrected chi connectivity index (χ4v) is 2.41. The molecule has 0 spiro atoms. The van der Waals surface area contributed by atoms with Crippen LogP contribution in [0.25, 0.3) is 10.9 Å². The quantitative estimate of drug-likeness (QED) is 0.883. The van der Waals surface area contributed by atoms with Gasteiger partial charge in [-0.2, -0.15) is 0 Å². The van der Waals surface area contributed by atoms with Crippen LogP contribution in [0.5, 0.6) is 0 Å². The molecule has 0 fully saturated rings. The summed E-state index contributed by atoms with van der Waals surface area (Å²) in [6.07, 6.45) is 0. The van der Waals surface area contributed by atoms with Crippen molar-refractivity contribution < 1.29 is 0 Å². The van der Waals surface area contributed by atoms with Crippen LogP contribution in [0.3, 0.4) is 0 Å². The molecule has 3 heteroatoms. The van der Waals surface area contributed by atoms with Crippen molar-refractivity contribution in [3.63, 3.8) is 0 Å². The van der Waals surface area contributed by atoms with E-state index in [9.17, 15) is 0 Å². The van der Waals surface area contributed by atoms with Crippen LogP contribution < -0.4 is 5.32 Å². The summed E-state index contributed by atoms with van der Waals surface area (Å²) in [5, 5.41) is 4.37. The smallest absolute Gasteiger partial charge is 0.129 e. The first-order valence-electron chi connectivity index (χ1n) is 5.82. The average molecular weight is 293 g/mol. The molecular formula is C14H17BrN2. The number of aryl methyl sites for hydroxylation is 1. The molecule has 2 nitrogen and oxygen atoms in total. The Morgan fingerprint density at radius 2 is 2.00 bits per heavy atom. The number of hydrogen-bond acceptors (Lipinski definition) is 2. The van der Waals surface area contributed by atoms with Crippen LogP contribution in [-0.2, 0) is 0 Å². The third kappa shape index (κ3) is 2.16. The molecule has 0 aliphatic heterocycles. The molecule has 0 unspecified atom stereocenters. The van der Waals surface area contributed by atoms with Gasteiger partial charge >= 0.3 is 0 Å². The number of halogens is 1. The fourth-order valence-electron chi connectivity index (χ4n) is 1.96. The minimum Gasteiger partial charge on any atom is -0.373 e. The van der Waals surface area contributed by atoms with Crippen molar-refractivity contribution in [3.8, 4) is 0 Å². The van der Waals surface area contributed by atoms with Gasteiger partial charge in [0.1, 0.15) is 5.82 Å². The molecule has 1 N–H and O–H groups in total. The molecule has 17 heavy (non-hydrogen) atoms. The lowest BCUT2D eigenvalue weighted by molar-refractivity contribution is 0.864. The van der Waals surface area contributed by atoms with E-state index in [2.05, 4.69) is 60.2 Å². The molecule has 1 aromatic carbocycles. The number of benzene rings is 1. The molecular weight excluding hydrogens is 276 g/mol. The highest BCUT2D eigenvalue weighted by molar-refractivity contribution is 9.10. The highest BCUT2D eigenvalue weighted by Gasteiger charge is 2.11. The van der Waals surface area contributed by atoms with Crippen molar-refractivity contribution in [2.45, 2.75) is 26.7 Å². The normalized spacial score (nSPS) is 11.2. The number of nitrogens with zero attached hydrogens (tertiary/aromatic N) is 1. The minimum atomic E-state index is 0.467. The Labute approximate surface area is 111 Å². The maximum Gasteiger partial charge on any atom is 0.129 e. The highest BCUT2D eigenvalue weighted by Crippen LogP contribution is 2.31. The van der Waals surface area contributed by atoms with Crippen LogP contribution in [-0.4, -0.2) is 12.0 Å². The standard InChI is InChI=1S/C14H17BrN2/c1-8(2)11-7-10-6-5-9(3)12(15)13(10)17-14(11)16-4/h5-8H,1-4H3,(H,16,17). The van der Waals surface area contributed by atoms with Crippen molar-refractivity contribution in [2.75, 3.05) is 12.4 Å². The lowest BCUT2D eigenvalue weighted by Gasteiger charge is -2.14. The summed E-state index contributed by atoms with van der Waals surface area (Å²) in [6, 6.07) is 6.48. The lowest BCUT2D eigenvalue weighted by atomic mass is 10.0. The van der Waals surface area contributed by atoms with Gasteiger partial charge in [0.15, 0.2) is 0 Å².